The van der Waals surface area contributed by atoms with Crippen LogP contribution in [0.4, 0.5) is 0 Å². The van der Waals surface area contributed by atoms with Gasteiger partial charge in [-0.25, -0.2) is 0 Å². The SMILES string of the molecule is CN(CCc1ccccc1)[C@@](CCCN=C(N)N)(C(N)=O)C(=O)C(c1ccccc1)c1ccccc1. The van der Waals surface area contributed by atoms with Gasteiger partial charge in [-0.2, -0.15) is 0 Å². The normalized spacial score (nSPS) is 12.8. The molecule has 7 heteroatoms. The van der Waals surface area contributed by atoms with E-state index in [9.17, 15) is 9.59 Å². The van der Waals surface area contributed by atoms with E-state index in [0.717, 1.165) is 16.7 Å². The molecule has 0 spiro atoms. The van der Waals surface area contributed by atoms with Gasteiger partial charge in [0.25, 0.3) is 0 Å². The van der Waals surface area contributed by atoms with Gasteiger partial charge >= 0.3 is 0 Å². The van der Waals surface area contributed by atoms with Crippen molar-refractivity contribution in [3.63, 3.8) is 0 Å². The molecule has 0 aliphatic heterocycles. The quantitative estimate of drug-likeness (QED) is 0.148. The lowest BCUT2D eigenvalue weighted by Crippen LogP contribution is -2.63. The second kappa shape index (κ2) is 12.7. The molecule has 3 rings (SSSR count). The summed E-state index contributed by atoms with van der Waals surface area (Å²) in [5.41, 5.74) is 18.2. The van der Waals surface area contributed by atoms with Crippen LogP contribution in [0.2, 0.25) is 0 Å². The molecule has 3 aromatic carbocycles. The molecule has 1 atom stereocenters. The number of nitrogens with two attached hydrogens (primary N) is 3. The molecule has 0 fully saturated rings. The second-order valence-corrected chi connectivity index (χ2v) is 8.91. The molecule has 0 radical (unpaired) electrons. The van der Waals surface area contributed by atoms with Crippen LogP contribution in [0.15, 0.2) is 96.0 Å². The monoisotopic (exact) mass is 485 g/mol. The van der Waals surface area contributed by atoms with Crippen molar-refractivity contribution in [3.8, 4) is 0 Å². The Morgan fingerprint density at radius 3 is 1.81 bits per heavy atom. The third-order valence-electron chi connectivity index (χ3n) is 6.56. The lowest BCUT2D eigenvalue weighted by molar-refractivity contribution is -0.143. The molecule has 0 heterocycles. The van der Waals surface area contributed by atoms with E-state index in [0.29, 0.717) is 25.9 Å². The van der Waals surface area contributed by atoms with Crippen molar-refractivity contribution in [3.05, 3.63) is 108 Å². The summed E-state index contributed by atoms with van der Waals surface area (Å²) >= 11 is 0. The van der Waals surface area contributed by atoms with Crippen molar-refractivity contribution in [1.82, 2.24) is 4.90 Å². The van der Waals surface area contributed by atoms with Crippen LogP contribution < -0.4 is 17.2 Å². The first kappa shape index (κ1) is 26.6. The van der Waals surface area contributed by atoms with E-state index in [1.165, 1.54) is 0 Å². The van der Waals surface area contributed by atoms with E-state index >= 15 is 0 Å². The fourth-order valence-electron chi connectivity index (χ4n) is 4.64. The number of primary amides is 1. The van der Waals surface area contributed by atoms with E-state index < -0.39 is 17.4 Å². The molecule has 0 saturated carbocycles. The van der Waals surface area contributed by atoms with Crippen LogP contribution in [-0.4, -0.2) is 48.2 Å². The Kier molecular flexibility index (Phi) is 9.36. The van der Waals surface area contributed by atoms with E-state index in [1.807, 2.05) is 91.0 Å². The average molecular weight is 486 g/mol. The first-order chi connectivity index (χ1) is 17.4. The number of benzene rings is 3. The average Bonchev–Trinajstić information content (AvgIpc) is 2.89. The number of aliphatic imine (C=N–C) groups is 1. The number of ketones is 1. The predicted molar refractivity (Wildman–Crippen MR) is 144 cm³/mol. The molecule has 0 aliphatic carbocycles. The van der Waals surface area contributed by atoms with Gasteiger partial charge < -0.3 is 17.2 Å². The van der Waals surface area contributed by atoms with E-state index in [4.69, 9.17) is 17.2 Å². The third-order valence-corrected chi connectivity index (χ3v) is 6.56. The van der Waals surface area contributed by atoms with Crippen LogP contribution in [0.5, 0.6) is 0 Å². The second-order valence-electron chi connectivity index (χ2n) is 8.91. The Hall–Kier alpha value is -3.97. The van der Waals surface area contributed by atoms with Crippen molar-refractivity contribution in [2.75, 3.05) is 20.1 Å². The van der Waals surface area contributed by atoms with Gasteiger partial charge in [0.2, 0.25) is 5.91 Å². The summed E-state index contributed by atoms with van der Waals surface area (Å²) in [7, 11) is 1.79. The van der Waals surface area contributed by atoms with Crippen molar-refractivity contribution < 1.29 is 9.59 Å². The van der Waals surface area contributed by atoms with Crippen molar-refractivity contribution in [1.29, 1.82) is 0 Å². The number of nitrogens with zero attached hydrogens (tertiary/aromatic N) is 2. The maximum absolute atomic E-state index is 14.6. The van der Waals surface area contributed by atoms with Gasteiger partial charge in [-0.3, -0.25) is 19.5 Å². The maximum atomic E-state index is 14.6. The number of carbonyl (C=O) groups is 2. The minimum absolute atomic E-state index is 0.0325. The zero-order valence-corrected chi connectivity index (χ0v) is 20.7. The Morgan fingerprint density at radius 1 is 0.833 bits per heavy atom. The number of hydrogen-bond acceptors (Lipinski definition) is 4. The number of Topliss-reactive ketones (excluding diaryl/α,β-unsaturated/α-hetero) is 1. The number of guanidine groups is 1. The smallest absolute Gasteiger partial charge is 0.245 e. The number of likely N-dealkylation sites (N-methyl/N-ethyl adjacent to an activating group) is 1. The zero-order valence-electron chi connectivity index (χ0n) is 20.7. The molecule has 3 aromatic rings. The summed E-state index contributed by atoms with van der Waals surface area (Å²) in [4.78, 5) is 33.7. The van der Waals surface area contributed by atoms with Crippen LogP contribution in [-0.2, 0) is 16.0 Å². The standard InChI is InChI=1S/C29H35N5O2/c1-34(21-18-22-12-5-2-6-13-22)29(27(30)36,19-11-20-33-28(31)32)26(35)25(23-14-7-3-8-15-23)24-16-9-4-10-17-24/h2-10,12-17,25H,11,18-21H2,1H3,(H2,30,36)(H4,31,32,33)/t29-/m1/s1. The van der Waals surface area contributed by atoms with E-state index in [1.54, 1.807) is 11.9 Å². The lowest BCUT2D eigenvalue weighted by Gasteiger charge is -2.40. The third kappa shape index (κ3) is 6.37. The molecule has 0 aromatic heterocycles. The first-order valence-electron chi connectivity index (χ1n) is 12.1. The molecule has 0 aliphatic rings. The summed E-state index contributed by atoms with van der Waals surface area (Å²) in [5, 5.41) is 0. The van der Waals surface area contributed by atoms with E-state index in [-0.39, 0.29) is 18.2 Å². The van der Waals surface area contributed by atoms with Gasteiger partial charge in [0, 0.05) is 13.1 Å². The van der Waals surface area contributed by atoms with Crippen LogP contribution in [0.3, 0.4) is 0 Å². The number of hydrogen-bond donors (Lipinski definition) is 3. The Bertz CT molecular complexity index is 1110. The highest BCUT2D eigenvalue weighted by Gasteiger charge is 2.50. The minimum atomic E-state index is -1.55. The molecular weight excluding hydrogens is 450 g/mol. The predicted octanol–water partition coefficient (Wildman–Crippen LogP) is 2.84. The molecule has 188 valence electrons. The van der Waals surface area contributed by atoms with Gasteiger partial charge in [0.15, 0.2) is 17.3 Å². The molecule has 6 N–H and O–H groups in total. The van der Waals surface area contributed by atoms with Crippen LogP contribution in [0, 0.1) is 0 Å². The van der Waals surface area contributed by atoms with Crippen LogP contribution in [0.25, 0.3) is 0 Å². The molecular formula is C29H35N5O2. The number of carbonyl (C=O) groups excluding carboxylic acids is 2. The highest BCUT2D eigenvalue weighted by atomic mass is 16.2. The summed E-state index contributed by atoms with van der Waals surface area (Å²) in [6.45, 7) is 0.760. The Balaban J connectivity index is 2.04. The zero-order chi connectivity index (χ0) is 26.0. The maximum Gasteiger partial charge on any atom is 0.245 e. The first-order valence-corrected chi connectivity index (χ1v) is 12.1. The molecule has 7 nitrogen and oxygen atoms in total. The summed E-state index contributed by atoms with van der Waals surface area (Å²) < 4.78 is 0. The molecule has 1 amide bonds. The molecule has 0 bridgehead atoms. The van der Waals surface area contributed by atoms with Crippen LogP contribution >= 0.6 is 0 Å². The van der Waals surface area contributed by atoms with Gasteiger partial charge in [0.1, 0.15) is 0 Å². The summed E-state index contributed by atoms with van der Waals surface area (Å²) in [6, 6.07) is 28.9. The number of rotatable bonds is 13. The Morgan fingerprint density at radius 2 is 1.33 bits per heavy atom. The van der Waals surface area contributed by atoms with Crippen molar-refractivity contribution >= 4 is 17.6 Å². The lowest BCUT2D eigenvalue weighted by atomic mass is 9.75. The van der Waals surface area contributed by atoms with Crippen LogP contribution in [0.1, 0.15) is 35.4 Å². The van der Waals surface area contributed by atoms with Crippen molar-refractivity contribution in [2.24, 2.45) is 22.2 Å². The van der Waals surface area contributed by atoms with Gasteiger partial charge in [-0.05, 0) is 43.0 Å². The number of amides is 1. The summed E-state index contributed by atoms with van der Waals surface area (Å²) in [6.07, 6.45) is 1.27. The van der Waals surface area contributed by atoms with Crippen molar-refractivity contribution in [2.45, 2.75) is 30.7 Å². The largest absolute Gasteiger partial charge is 0.370 e. The topological polar surface area (TPSA) is 128 Å². The molecule has 36 heavy (non-hydrogen) atoms. The van der Waals surface area contributed by atoms with Gasteiger partial charge in [-0.15, -0.1) is 0 Å². The molecule has 0 saturated heterocycles. The van der Waals surface area contributed by atoms with Gasteiger partial charge in [-0.1, -0.05) is 91.0 Å². The molecule has 0 unspecified atom stereocenters. The fraction of sp³-hybridized carbons (Fsp3) is 0.276. The summed E-state index contributed by atoms with van der Waals surface area (Å²) in [5.74, 6) is -1.63. The minimum Gasteiger partial charge on any atom is -0.370 e. The van der Waals surface area contributed by atoms with Gasteiger partial charge in [0.05, 0.1) is 5.92 Å². The highest BCUT2D eigenvalue weighted by Crippen LogP contribution is 2.34. The van der Waals surface area contributed by atoms with E-state index in [2.05, 4.69) is 4.99 Å². The fourth-order valence-corrected chi connectivity index (χ4v) is 4.64. The highest BCUT2D eigenvalue weighted by molar-refractivity contribution is 6.13. The Labute approximate surface area is 213 Å².